The van der Waals surface area contributed by atoms with Crippen LogP contribution in [0.5, 0.6) is 11.5 Å². The van der Waals surface area contributed by atoms with Gasteiger partial charge in [0.2, 0.25) is 0 Å². The van der Waals surface area contributed by atoms with Crippen molar-refractivity contribution in [3.63, 3.8) is 0 Å². The molecule has 2 aromatic carbocycles. The molecule has 132 valence electrons. The molecule has 0 aliphatic carbocycles. The van der Waals surface area contributed by atoms with E-state index in [4.69, 9.17) is 0 Å². The van der Waals surface area contributed by atoms with E-state index in [1.54, 1.807) is 6.07 Å². The van der Waals surface area contributed by atoms with Crippen LogP contribution in [-0.2, 0) is 11.3 Å². The minimum absolute atomic E-state index is 0.0789. The number of hydrogen-bond donors (Lipinski definition) is 2. The number of nitrogens with zero attached hydrogens (tertiary/aromatic N) is 2. The molecule has 1 aliphatic heterocycles. The molecule has 0 radical (unpaired) electrons. The molecule has 9 heteroatoms. The Kier molecular flexibility index (Phi) is 4.63. The van der Waals surface area contributed by atoms with Gasteiger partial charge < -0.3 is 10.2 Å². The Morgan fingerprint density at radius 2 is 1.88 bits per heavy atom. The molecule has 0 aromatic heterocycles. The molecule has 0 spiro atoms. The number of aromatic hydroxyl groups is 2. The van der Waals surface area contributed by atoms with Crippen LogP contribution < -0.4 is 0 Å². The molecule has 0 unspecified atom stereocenters. The predicted molar refractivity (Wildman–Crippen MR) is 94.4 cm³/mol. The fraction of sp³-hybridized carbons (Fsp3) is 0.0588. The fourth-order valence-electron chi connectivity index (χ4n) is 2.37. The lowest BCUT2D eigenvalue weighted by atomic mass is 10.1. The van der Waals surface area contributed by atoms with Gasteiger partial charge in [-0.05, 0) is 41.1 Å². The number of thioether (sulfide) groups is 1. The summed E-state index contributed by atoms with van der Waals surface area (Å²) in [5.41, 5.74) is 0.788. The molecule has 2 aromatic rings. The number of carbonyl (C=O) groups excluding carboxylic acids is 2. The van der Waals surface area contributed by atoms with Crippen molar-refractivity contribution in [2.45, 2.75) is 6.54 Å². The van der Waals surface area contributed by atoms with Gasteiger partial charge in [0.05, 0.1) is 16.4 Å². The molecule has 1 heterocycles. The van der Waals surface area contributed by atoms with Gasteiger partial charge in [-0.1, -0.05) is 18.2 Å². The molecule has 0 atom stereocenters. The second kappa shape index (κ2) is 6.89. The van der Waals surface area contributed by atoms with Gasteiger partial charge in [-0.2, -0.15) is 0 Å². The van der Waals surface area contributed by atoms with Crippen LogP contribution >= 0.6 is 11.8 Å². The Balaban J connectivity index is 1.82. The Hall–Kier alpha value is -3.33. The van der Waals surface area contributed by atoms with Gasteiger partial charge in [-0.15, -0.1) is 0 Å². The normalized spacial score (nSPS) is 15.7. The molecule has 1 aliphatic rings. The summed E-state index contributed by atoms with van der Waals surface area (Å²) in [7, 11) is 0. The number of non-ortho nitro benzene ring substituents is 1. The van der Waals surface area contributed by atoms with Crippen molar-refractivity contribution in [3.8, 4) is 11.5 Å². The van der Waals surface area contributed by atoms with Crippen molar-refractivity contribution in [2.75, 3.05) is 0 Å². The first-order valence-electron chi connectivity index (χ1n) is 7.36. The number of phenols is 2. The zero-order valence-corrected chi connectivity index (χ0v) is 14.0. The highest BCUT2D eigenvalue weighted by Crippen LogP contribution is 2.34. The van der Waals surface area contributed by atoms with E-state index in [1.807, 2.05) is 0 Å². The average Bonchev–Trinajstić information content (AvgIpc) is 2.86. The zero-order valence-electron chi connectivity index (χ0n) is 13.2. The van der Waals surface area contributed by atoms with Crippen LogP contribution in [0.25, 0.3) is 6.08 Å². The molecule has 3 rings (SSSR count). The Labute approximate surface area is 151 Å². The summed E-state index contributed by atoms with van der Waals surface area (Å²) >= 11 is 0.737. The maximum atomic E-state index is 12.5. The van der Waals surface area contributed by atoms with Crippen LogP contribution in [0.4, 0.5) is 10.5 Å². The van der Waals surface area contributed by atoms with Crippen molar-refractivity contribution in [1.29, 1.82) is 0 Å². The second-order valence-corrected chi connectivity index (χ2v) is 6.44. The maximum Gasteiger partial charge on any atom is 0.293 e. The first-order chi connectivity index (χ1) is 12.3. The summed E-state index contributed by atoms with van der Waals surface area (Å²) in [5, 5.41) is 29.2. The average molecular weight is 372 g/mol. The SMILES string of the molecule is O=C1S/C(=C\c2ccc(O)c(O)c2)C(=O)N1Cc1cccc([N+](=O)[O-])c1. The third-order valence-corrected chi connectivity index (χ3v) is 4.54. The van der Waals surface area contributed by atoms with Gasteiger partial charge in [0.1, 0.15) is 0 Å². The Bertz CT molecular complexity index is 956. The molecular formula is C17H12N2O6S. The maximum absolute atomic E-state index is 12.5. The summed E-state index contributed by atoms with van der Waals surface area (Å²) < 4.78 is 0. The lowest BCUT2D eigenvalue weighted by Crippen LogP contribution is -2.27. The monoisotopic (exact) mass is 372 g/mol. The van der Waals surface area contributed by atoms with E-state index in [0.717, 1.165) is 16.7 Å². The van der Waals surface area contributed by atoms with E-state index < -0.39 is 16.1 Å². The number of phenolic OH excluding ortho intramolecular Hbond substituents is 2. The van der Waals surface area contributed by atoms with Crippen LogP contribution in [0.15, 0.2) is 47.4 Å². The highest BCUT2D eigenvalue weighted by atomic mass is 32.2. The topological polar surface area (TPSA) is 121 Å². The Morgan fingerprint density at radius 3 is 2.58 bits per heavy atom. The first-order valence-corrected chi connectivity index (χ1v) is 8.17. The first kappa shape index (κ1) is 17.5. The van der Waals surface area contributed by atoms with E-state index in [9.17, 15) is 29.9 Å². The standard InChI is InChI=1S/C17H12N2O6S/c20-13-5-4-10(7-14(13)21)8-15-16(22)18(17(23)26-15)9-11-2-1-3-12(6-11)19(24)25/h1-8,20-21H,9H2/b15-8-. The van der Waals surface area contributed by atoms with E-state index in [0.29, 0.717) is 11.1 Å². The predicted octanol–water partition coefficient (Wildman–Crippen LogP) is 3.24. The summed E-state index contributed by atoms with van der Waals surface area (Å²) in [5.74, 6) is -1.16. The second-order valence-electron chi connectivity index (χ2n) is 5.44. The minimum Gasteiger partial charge on any atom is -0.504 e. The van der Waals surface area contributed by atoms with Crippen molar-refractivity contribution in [3.05, 3.63) is 68.6 Å². The molecule has 1 saturated heterocycles. The van der Waals surface area contributed by atoms with E-state index >= 15 is 0 Å². The smallest absolute Gasteiger partial charge is 0.293 e. The van der Waals surface area contributed by atoms with Crippen LogP contribution in [0, 0.1) is 10.1 Å². The van der Waals surface area contributed by atoms with Crippen molar-refractivity contribution in [2.24, 2.45) is 0 Å². The fourth-order valence-corrected chi connectivity index (χ4v) is 3.21. The van der Waals surface area contributed by atoms with Gasteiger partial charge in [-0.3, -0.25) is 24.6 Å². The summed E-state index contributed by atoms with van der Waals surface area (Å²) in [6, 6.07) is 9.75. The molecular weight excluding hydrogens is 360 g/mol. The number of nitro benzene ring substituents is 1. The molecule has 2 N–H and O–H groups in total. The number of benzene rings is 2. The number of carbonyl (C=O) groups is 2. The zero-order chi connectivity index (χ0) is 18.8. The molecule has 8 nitrogen and oxygen atoms in total. The molecule has 26 heavy (non-hydrogen) atoms. The number of amides is 2. The van der Waals surface area contributed by atoms with Gasteiger partial charge in [0.25, 0.3) is 16.8 Å². The number of hydrogen-bond acceptors (Lipinski definition) is 7. The van der Waals surface area contributed by atoms with Crippen LogP contribution in [0.2, 0.25) is 0 Å². The molecule has 0 saturated carbocycles. The van der Waals surface area contributed by atoms with Gasteiger partial charge >= 0.3 is 0 Å². The van der Waals surface area contributed by atoms with E-state index in [1.165, 1.54) is 42.5 Å². The van der Waals surface area contributed by atoms with Crippen LogP contribution in [-0.4, -0.2) is 31.2 Å². The lowest BCUT2D eigenvalue weighted by Gasteiger charge is -2.12. The van der Waals surface area contributed by atoms with E-state index in [-0.39, 0.29) is 28.6 Å². The molecule has 2 amide bonds. The third kappa shape index (κ3) is 3.52. The number of nitro groups is 1. The lowest BCUT2D eigenvalue weighted by molar-refractivity contribution is -0.384. The van der Waals surface area contributed by atoms with Crippen molar-refractivity contribution in [1.82, 2.24) is 4.90 Å². The number of rotatable bonds is 4. The van der Waals surface area contributed by atoms with Gasteiger partial charge in [0, 0.05) is 12.1 Å². The summed E-state index contributed by atoms with van der Waals surface area (Å²) in [6.07, 6.45) is 1.43. The summed E-state index contributed by atoms with van der Waals surface area (Å²) in [4.78, 5) is 36.0. The summed E-state index contributed by atoms with van der Waals surface area (Å²) in [6.45, 7) is -0.0789. The third-order valence-electron chi connectivity index (χ3n) is 3.63. The molecule has 1 fully saturated rings. The minimum atomic E-state index is -0.547. The number of imide groups is 1. The van der Waals surface area contributed by atoms with Gasteiger partial charge in [0.15, 0.2) is 11.5 Å². The Morgan fingerprint density at radius 1 is 1.12 bits per heavy atom. The van der Waals surface area contributed by atoms with Crippen molar-refractivity contribution >= 4 is 34.7 Å². The molecule has 0 bridgehead atoms. The largest absolute Gasteiger partial charge is 0.504 e. The quantitative estimate of drug-likeness (QED) is 0.366. The highest BCUT2D eigenvalue weighted by molar-refractivity contribution is 8.18. The van der Waals surface area contributed by atoms with Crippen LogP contribution in [0.1, 0.15) is 11.1 Å². The highest BCUT2D eigenvalue weighted by Gasteiger charge is 2.35. The van der Waals surface area contributed by atoms with Crippen molar-refractivity contribution < 1.29 is 24.7 Å². The van der Waals surface area contributed by atoms with Gasteiger partial charge in [-0.25, -0.2) is 0 Å². The van der Waals surface area contributed by atoms with E-state index in [2.05, 4.69) is 0 Å². The van der Waals surface area contributed by atoms with Crippen LogP contribution in [0.3, 0.4) is 0 Å².